The smallest absolute Gasteiger partial charge is 0.327 e. The Hall–Kier alpha value is -1.36. The minimum absolute atomic E-state index is 0.246. The SMILES string of the molecule is CC=CC(=O)O.CCCCOCCOC(C)=O. The molecule has 0 aliphatic rings. The van der Waals surface area contributed by atoms with Crippen LogP contribution in [-0.4, -0.2) is 36.9 Å². The van der Waals surface area contributed by atoms with E-state index in [1.165, 1.54) is 13.0 Å². The van der Waals surface area contributed by atoms with Crippen LogP contribution in [0, 0.1) is 0 Å². The molecule has 5 nitrogen and oxygen atoms in total. The molecule has 0 bridgehead atoms. The van der Waals surface area contributed by atoms with Gasteiger partial charge in [-0.05, 0) is 13.3 Å². The first-order valence-electron chi connectivity index (χ1n) is 5.61. The number of esters is 1. The molecule has 0 unspecified atom stereocenters. The van der Waals surface area contributed by atoms with Gasteiger partial charge in [0.05, 0.1) is 6.61 Å². The third kappa shape index (κ3) is 25.2. The van der Waals surface area contributed by atoms with Crippen molar-refractivity contribution >= 4 is 11.9 Å². The van der Waals surface area contributed by atoms with Crippen LogP contribution >= 0.6 is 0 Å². The molecule has 0 saturated carbocycles. The summed E-state index contributed by atoms with van der Waals surface area (Å²) in [5.74, 6) is -1.14. The molecule has 0 aliphatic heterocycles. The van der Waals surface area contributed by atoms with Crippen LogP contribution in [0.25, 0.3) is 0 Å². The van der Waals surface area contributed by atoms with Crippen molar-refractivity contribution in [2.24, 2.45) is 0 Å². The van der Waals surface area contributed by atoms with Gasteiger partial charge in [0.25, 0.3) is 0 Å². The minimum Gasteiger partial charge on any atom is -0.478 e. The van der Waals surface area contributed by atoms with E-state index in [9.17, 15) is 9.59 Å². The molecule has 0 heterocycles. The number of unbranched alkanes of at least 4 members (excludes halogenated alkanes) is 1. The van der Waals surface area contributed by atoms with E-state index in [1.807, 2.05) is 0 Å². The van der Waals surface area contributed by atoms with E-state index in [4.69, 9.17) is 9.84 Å². The predicted molar refractivity (Wildman–Crippen MR) is 64.8 cm³/mol. The number of carboxylic acids is 1. The van der Waals surface area contributed by atoms with Crippen LogP contribution in [-0.2, 0) is 19.1 Å². The van der Waals surface area contributed by atoms with Gasteiger partial charge in [0, 0.05) is 19.6 Å². The Morgan fingerprint density at radius 3 is 2.24 bits per heavy atom. The first-order valence-corrected chi connectivity index (χ1v) is 5.61. The number of carbonyl (C=O) groups excluding carboxylic acids is 1. The number of carboxylic acid groups (broad SMARTS) is 1. The van der Waals surface area contributed by atoms with Gasteiger partial charge in [-0.25, -0.2) is 4.79 Å². The summed E-state index contributed by atoms with van der Waals surface area (Å²) in [4.78, 5) is 19.8. The number of ether oxygens (including phenoxy) is 2. The zero-order valence-corrected chi connectivity index (χ0v) is 10.8. The molecule has 5 heteroatoms. The fourth-order valence-electron chi connectivity index (χ4n) is 0.735. The molecule has 0 saturated heterocycles. The number of aliphatic carboxylic acids is 1. The Bertz CT molecular complexity index is 223. The van der Waals surface area contributed by atoms with Crippen LogP contribution < -0.4 is 0 Å². The molecule has 0 spiro atoms. The second-order valence-corrected chi connectivity index (χ2v) is 3.14. The Morgan fingerprint density at radius 1 is 1.24 bits per heavy atom. The summed E-state index contributed by atoms with van der Waals surface area (Å²) >= 11 is 0. The molecule has 1 N–H and O–H groups in total. The number of hydrogen-bond acceptors (Lipinski definition) is 4. The number of rotatable bonds is 7. The normalized spacial score (nSPS) is 9.59. The van der Waals surface area contributed by atoms with Crippen molar-refractivity contribution in [3.05, 3.63) is 12.2 Å². The topological polar surface area (TPSA) is 72.8 Å². The number of hydrogen-bond donors (Lipinski definition) is 1. The molecule has 0 radical (unpaired) electrons. The van der Waals surface area contributed by atoms with Crippen LogP contribution in [0.3, 0.4) is 0 Å². The quantitative estimate of drug-likeness (QED) is 0.422. The van der Waals surface area contributed by atoms with Crippen molar-refractivity contribution in [1.29, 1.82) is 0 Å². The maximum atomic E-state index is 10.3. The van der Waals surface area contributed by atoms with Gasteiger partial charge in [-0.1, -0.05) is 19.4 Å². The Kier molecular flexibility index (Phi) is 15.5. The van der Waals surface area contributed by atoms with Crippen molar-refractivity contribution in [1.82, 2.24) is 0 Å². The van der Waals surface area contributed by atoms with E-state index in [-0.39, 0.29) is 5.97 Å². The maximum absolute atomic E-state index is 10.3. The molecule has 0 aliphatic carbocycles. The molecule has 0 aromatic rings. The first-order chi connectivity index (χ1) is 8.04. The molecule has 0 amide bonds. The summed E-state index contributed by atoms with van der Waals surface area (Å²) in [7, 11) is 0. The highest BCUT2D eigenvalue weighted by molar-refractivity contribution is 5.79. The second-order valence-electron chi connectivity index (χ2n) is 3.14. The van der Waals surface area contributed by atoms with Gasteiger partial charge in [0.2, 0.25) is 0 Å². The van der Waals surface area contributed by atoms with Crippen LogP contribution in [0.1, 0.15) is 33.6 Å². The van der Waals surface area contributed by atoms with E-state index < -0.39 is 5.97 Å². The summed E-state index contributed by atoms with van der Waals surface area (Å²) in [6.07, 6.45) is 4.76. The van der Waals surface area contributed by atoms with Crippen molar-refractivity contribution in [3.8, 4) is 0 Å². The predicted octanol–water partition coefficient (Wildman–Crippen LogP) is 2.01. The van der Waals surface area contributed by atoms with Gasteiger partial charge in [-0.3, -0.25) is 4.79 Å². The molecule has 0 aromatic carbocycles. The van der Waals surface area contributed by atoms with Crippen molar-refractivity contribution < 1.29 is 24.2 Å². The minimum atomic E-state index is -0.891. The molecule has 100 valence electrons. The monoisotopic (exact) mass is 246 g/mol. The van der Waals surface area contributed by atoms with Crippen molar-refractivity contribution in [2.75, 3.05) is 19.8 Å². The summed E-state index contributed by atoms with van der Waals surface area (Å²) < 4.78 is 9.81. The molecular weight excluding hydrogens is 224 g/mol. The molecule has 17 heavy (non-hydrogen) atoms. The fourth-order valence-corrected chi connectivity index (χ4v) is 0.735. The van der Waals surface area contributed by atoms with Gasteiger partial charge < -0.3 is 14.6 Å². The molecule has 0 fully saturated rings. The highest BCUT2D eigenvalue weighted by Gasteiger charge is 1.91. The van der Waals surface area contributed by atoms with Crippen molar-refractivity contribution in [2.45, 2.75) is 33.6 Å². The van der Waals surface area contributed by atoms with E-state index in [0.717, 1.165) is 25.5 Å². The fraction of sp³-hybridized carbons (Fsp3) is 0.667. The number of allylic oxidation sites excluding steroid dienone is 1. The number of carbonyl (C=O) groups is 2. The lowest BCUT2D eigenvalue weighted by molar-refractivity contribution is -0.142. The lowest BCUT2D eigenvalue weighted by atomic mass is 10.4. The summed E-state index contributed by atoms with van der Waals surface area (Å²) in [5, 5.41) is 7.83. The van der Waals surface area contributed by atoms with Gasteiger partial charge in [-0.15, -0.1) is 0 Å². The maximum Gasteiger partial charge on any atom is 0.327 e. The summed E-state index contributed by atoms with van der Waals surface area (Å²) in [5.41, 5.74) is 0. The molecule has 0 aromatic heterocycles. The Morgan fingerprint density at radius 2 is 1.88 bits per heavy atom. The molecule has 0 atom stereocenters. The van der Waals surface area contributed by atoms with E-state index in [1.54, 1.807) is 6.92 Å². The first kappa shape index (κ1) is 18.0. The molecular formula is C12H22O5. The van der Waals surface area contributed by atoms with Gasteiger partial charge >= 0.3 is 11.9 Å². The highest BCUT2D eigenvalue weighted by atomic mass is 16.6. The van der Waals surface area contributed by atoms with Gasteiger partial charge in [0.15, 0.2) is 0 Å². The Labute approximate surface area is 102 Å². The van der Waals surface area contributed by atoms with Crippen LogP contribution in [0.4, 0.5) is 0 Å². The zero-order chi connectivity index (χ0) is 13.5. The van der Waals surface area contributed by atoms with Gasteiger partial charge in [0.1, 0.15) is 6.61 Å². The lowest BCUT2D eigenvalue weighted by Crippen LogP contribution is -2.07. The second kappa shape index (κ2) is 14.6. The lowest BCUT2D eigenvalue weighted by Gasteiger charge is -2.02. The van der Waals surface area contributed by atoms with Gasteiger partial charge in [-0.2, -0.15) is 0 Å². The summed E-state index contributed by atoms with van der Waals surface area (Å²) in [6, 6.07) is 0. The zero-order valence-electron chi connectivity index (χ0n) is 10.8. The van der Waals surface area contributed by atoms with Crippen LogP contribution in [0.2, 0.25) is 0 Å². The van der Waals surface area contributed by atoms with Crippen molar-refractivity contribution in [3.63, 3.8) is 0 Å². The highest BCUT2D eigenvalue weighted by Crippen LogP contribution is 1.87. The largest absolute Gasteiger partial charge is 0.478 e. The average molecular weight is 246 g/mol. The third-order valence-corrected chi connectivity index (χ3v) is 1.48. The van der Waals surface area contributed by atoms with Crippen LogP contribution in [0.15, 0.2) is 12.2 Å². The van der Waals surface area contributed by atoms with E-state index >= 15 is 0 Å². The van der Waals surface area contributed by atoms with E-state index in [2.05, 4.69) is 11.7 Å². The van der Waals surface area contributed by atoms with Crippen LogP contribution in [0.5, 0.6) is 0 Å². The molecule has 0 rings (SSSR count). The summed E-state index contributed by atoms with van der Waals surface area (Å²) in [6.45, 7) is 6.81. The third-order valence-electron chi connectivity index (χ3n) is 1.48. The average Bonchev–Trinajstić information content (AvgIpc) is 2.23. The standard InChI is InChI=1S/C8H16O3.C4H6O2/c1-3-4-5-10-6-7-11-8(2)9;1-2-3-4(5)6/h3-7H2,1-2H3;2-3H,1H3,(H,5,6). The Balaban J connectivity index is 0. The van der Waals surface area contributed by atoms with E-state index in [0.29, 0.717) is 13.2 Å².